The van der Waals surface area contributed by atoms with Crippen molar-refractivity contribution >= 4 is 10.1 Å². The van der Waals surface area contributed by atoms with Crippen molar-refractivity contribution in [2.24, 2.45) is 0 Å². The van der Waals surface area contributed by atoms with Crippen LogP contribution in [0.3, 0.4) is 0 Å². The van der Waals surface area contributed by atoms with E-state index < -0.39 is 15.1 Å². The Morgan fingerprint density at radius 3 is 1.75 bits per heavy atom. The molecule has 0 aliphatic heterocycles. The SMILES string of the molecule is [CH2]C(C)(O)S(=O)(=O)O. The third-order valence-electron chi connectivity index (χ3n) is 0.556. The van der Waals surface area contributed by atoms with Crippen LogP contribution in [-0.2, 0) is 10.1 Å². The van der Waals surface area contributed by atoms with E-state index in [1.54, 1.807) is 0 Å². The smallest absolute Gasteiger partial charge is 0.294 e. The Kier molecular flexibility index (Phi) is 1.65. The average Bonchev–Trinajstić information content (AvgIpc) is 1.25. The van der Waals surface area contributed by atoms with Gasteiger partial charge in [0, 0.05) is 0 Å². The van der Waals surface area contributed by atoms with Crippen LogP contribution in [0.5, 0.6) is 0 Å². The highest BCUT2D eigenvalue weighted by Crippen LogP contribution is 2.07. The van der Waals surface area contributed by atoms with Gasteiger partial charge in [-0.3, -0.25) is 4.55 Å². The van der Waals surface area contributed by atoms with Crippen LogP contribution in [0.1, 0.15) is 6.92 Å². The van der Waals surface area contributed by atoms with Gasteiger partial charge >= 0.3 is 0 Å². The first kappa shape index (κ1) is 7.87. The van der Waals surface area contributed by atoms with Crippen molar-refractivity contribution in [1.29, 1.82) is 0 Å². The second-order valence-electron chi connectivity index (χ2n) is 1.65. The molecule has 0 amide bonds. The maximum Gasteiger partial charge on any atom is 0.294 e. The van der Waals surface area contributed by atoms with E-state index in [0.717, 1.165) is 6.92 Å². The van der Waals surface area contributed by atoms with E-state index in [-0.39, 0.29) is 0 Å². The summed E-state index contributed by atoms with van der Waals surface area (Å²) in [5.41, 5.74) is 0. The number of hydrogen-bond donors (Lipinski definition) is 2. The zero-order valence-electron chi connectivity index (χ0n) is 4.33. The van der Waals surface area contributed by atoms with Gasteiger partial charge in [0.2, 0.25) is 0 Å². The molecule has 0 aromatic heterocycles. The third-order valence-corrected chi connectivity index (χ3v) is 1.67. The molecule has 1 atom stereocenters. The molecule has 1 radical (unpaired) electrons. The predicted octanol–water partition coefficient (Wildman–Crippen LogP) is -0.583. The van der Waals surface area contributed by atoms with Crippen molar-refractivity contribution in [3.05, 3.63) is 6.92 Å². The molecule has 0 aromatic rings. The van der Waals surface area contributed by atoms with Gasteiger partial charge < -0.3 is 5.11 Å². The average molecular weight is 139 g/mol. The molecule has 0 rings (SSSR count). The van der Waals surface area contributed by atoms with Crippen LogP contribution in [0.25, 0.3) is 0 Å². The van der Waals surface area contributed by atoms with E-state index in [0.29, 0.717) is 0 Å². The molecule has 49 valence electrons. The van der Waals surface area contributed by atoms with E-state index in [1.165, 1.54) is 0 Å². The monoisotopic (exact) mass is 139 g/mol. The molecule has 2 N–H and O–H groups in total. The highest BCUT2D eigenvalue weighted by Gasteiger charge is 2.28. The minimum Gasteiger partial charge on any atom is -0.373 e. The first-order valence-corrected chi connectivity index (χ1v) is 3.24. The quantitative estimate of drug-likeness (QED) is 0.476. The highest BCUT2D eigenvalue weighted by molar-refractivity contribution is 7.87. The molecule has 1 unspecified atom stereocenters. The molecule has 0 aliphatic carbocycles. The standard InChI is InChI=1S/C3H7O4S/c1-3(2,4)8(5,6)7/h4H,1H2,2H3,(H,5,6,7). The molecular weight excluding hydrogens is 132 g/mol. The van der Waals surface area contributed by atoms with Crippen molar-refractivity contribution in [1.82, 2.24) is 0 Å². The minimum absolute atomic E-state index is 0.877. The summed E-state index contributed by atoms with van der Waals surface area (Å²) in [4.78, 5) is -2.28. The van der Waals surface area contributed by atoms with Gasteiger partial charge in [-0.25, -0.2) is 0 Å². The summed E-state index contributed by atoms with van der Waals surface area (Å²) in [6, 6.07) is 0. The van der Waals surface area contributed by atoms with Crippen LogP contribution < -0.4 is 0 Å². The lowest BCUT2D eigenvalue weighted by Crippen LogP contribution is -2.30. The Morgan fingerprint density at radius 2 is 1.75 bits per heavy atom. The fourth-order valence-corrected chi connectivity index (χ4v) is 0. The molecule has 0 aromatic carbocycles. The Labute approximate surface area is 47.9 Å². The van der Waals surface area contributed by atoms with Gasteiger partial charge in [0.15, 0.2) is 4.93 Å². The Hall–Kier alpha value is -0.130. The number of hydrogen-bond acceptors (Lipinski definition) is 3. The van der Waals surface area contributed by atoms with Gasteiger partial charge in [0.05, 0.1) is 0 Å². The molecule has 0 spiro atoms. The Bertz CT molecular complexity index is 160. The molecule has 4 nitrogen and oxygen atoms in total. The topological polar surface area (TPSA) is 74.6 Å². The van der Waals surface area contributed by atoms with Gasteiger partial charge in [0.25, 0.3) is 10.1 Å². The lowest BCUT2D eigenvalue weighted by atomic mass is 10.5. The largest absolute Gasteiger partial charge is 0.373 e. The summed E-state index contributed by atoms with van der Waals surface area (Å²) in [7, 11) is -4.40. The van der Waals surface area contributed by atoms with Crippen molar-refractivity contribution in [3.63, 3.8) is 0 Å². The summed E-state index contributed by atoms with van der Waals surface area (Å²) in [6.07, 6.45) is 0. The zero-order chi connectivity index (χ0) is 7.00. The van der Waals surface area contributed by atoms with Crippen LogP contribution >= 0.6 is 0 Å². The fraction of sp³-hybridized carbons (Fsp3) is 0.667. The van der Waals surface area contributed by atoms with Crippen LogP contribution in [0.4, 0.5) is 0 Å². The molecule has 0 bridgehead atoms. The second-order valence-corrected chi connectivity index (χ2v) is 3.48. The lowest BCUT2D eigenvalue weighted by Gasteiger charge is -2.10. The normalized spacial score (nSPS) is 14.0. The van der Waals surface area contributed by atoms with Crippen molar-refractivity contribution < 1.29 is 18.1 Å². The summed E-state index contributed by atoms with van der Waals surface area (Å²) in [5.74, 6) is 0. The fourth-order valence-electron chi connectivity index (χ4n) is 0. The van der Waals surface area contributed by atoms with E-state index in [9.17, 15) is 8.42 Å². The van der Waals surface area contributed by atoms with E-state index in [1.807, 2.05) is 0 Å². The number of rotatable bonds is 1. The van der Waals surface area contributed by atoms with Crippen LogP contribution in [-0.4, -0.2) is 23.0 Å². The van der Waals surface area contributed by atoms with Gasteiger partial charge in [-0.1, -0.05) is 0 Å². The van der Waals surface area contributed by atoms with Crippen molar-refractivity contribution in [2.75, 3.05) is 0 Å². The molecular formula is C3H7O4S. The summed E-state index contributed by atoms with van der Waals surface area (Å²) in [6.45, 7) is 3.64. The van der Waals surface area contributed by atoms with Gasteiger partial charge in [0.1, 0.15) is 0 Å². The van der Waals surface area contributed by atoms with Gasteiger partial charge in [-0.2, -0.15) is 8.42 Å². The van der Waals surface area contributed by atoms with Crippen LogP contribution in [0.15, 0.2) is 0 Å². The number of aliphatic hydroxyl groups is 1. The molecule has 0 aliphatic rings. The molecule has 0 fully saturated rings. The van der Waals surface area contributed by atoms with E-state index in [4.69, 9.17) is 9.66 Å². The van der Waals surface area contributed by atoms with Gasteiger partial charge in [-0.15, -0.1) is 0 Å². The maximum atomic E-state index is 9.90. The lowest BCUT2D eigenvalue weighted by molar-refractivity contribution is 0.178. The van der Waals surface area contributed by atoms with Crippen LogP contribution in [0, 0.1) is 6.92 Å². The Morgan fingerprint density at radius 1 is 1.62 bits per heavy atom. The highest BCUT2D eigenvalue weighted by atomic mass is 32.2. The van der Waals surface area contributed by atoms with Gasteiger partial charge in [-0.05, 0) is 13.8 Å². The molecule has 5 heteroatoms. The van der Waals surface area contributed by atoms with E-state index in [2.05, 4.69) is 6.92 Å². The molecule has 0 saturated carbocycles. The maximum absolute atomic E-state index is 9.90. The first-order chi connectivity index (χ1) is 3.25. The molecule has 8 heavy (non-hydrogen) atoms. The van der Waals surface area contributed by atoms with Crippen LogP contribution in [0.2, 0.25) is 0 Å². The molecule has 0 saturated heterocycles. The summed E-state index contributed by atoms with van der Waals surface area (Å²) < 4.78 is 27.8. The van der Waals surface area contributed by atoms with E-state index >= 15 is 0 Å². The van der Waals surface area contributed by atoms with Crippen molar-refractivity contribution in [2.45, 2.75) is 11.9 Å². The molecule has 0 heterocycles. The van der Waals surface area contributed by atoms with Crippen molar-refractivity contribution in [3.8, 4) is 0 Å². The zero-order valence-corrected chi connectivity index (χ0v) is 5.14. The summed E-state index contributed by atoms with van der Waals surface area (Å²) in [5, 5.41) is 8.41. The second kappa shape index (κ2) is 1.68. The minimum atomic E-state index is -4.40. The Balaban J connectivity index is 4.53. The predicted molar refractivity (Wildman–Crippen MR) is 27.5 cm³/mol. The third kappa shape index (κ3) is 1.77. The first-order valence-electron chi connectivity index (χ1n) is 1.80. The summed E-state index contributed by atoms with van der Waals surface area (Å²) >= 11 is 0.